The molecule has 0 aliphatic carbocycles. The van der Waals surface area contributed by atoms with E-state index >= 15 is 0 Å². The molecule has 1 heterocycles. The second kappa shape index (κ2) is 3.54. The van der Waals surface area contributed by atoms with Crippen molar-refractivity contribution < 1.29 is 0 Å². The summed E-state index contributed by atoms with van der Waals surface area (Å²) >= 11 is 1.71. The topological polar surface area (TPSA) is 38.9 Å². The zero-order valence-corrected chi connectivity index (χ0v) is 8.74. The van der Waals surface area contributed by atoms with Crippen LogP contribution in [0.3, 0.4) is 0 Å². The monoisotopic (exact) mass is 184 g/mol. The lowest BCUT2D eigenvalue weighted by molar-refractivity contribution is 0.410. The number of hydrogen-bond acceptors (Lipinski definition) is 3. The highest BCUT2D eigenvalue weighted by Crippen LogP contribution is 2.22. The van der Waals surface area contributed by atoms with Gasteiger partial charge < -0.3 is 5.73 Å². The maximum atomic E-state index is 5.47. The summed E-state index contributed by atoms with van der Waals surface area (Å²) in [6.45, 7) is 7.21. The number of nitrogens with two attached hydrogens (primary N) is 1. The Morgan fingerprint density at radius 1 is 1.50 bits per heavy atom. The highest BCUT2D eigenvalue weighted by Gasteiger charge is 2.13. The second-order valence-electron chi connectivity index (χ2n) is 4.17. The standard InChI is InChI=1S/C9H16N2S/c1-9(2,3)4-8-11-7(5-10)6-12-8/h6H,4-5,10H2,1-3H3. The van der Waals surface area contributed by atoms with Crippen molar-refractivity contribution in [2.24, 2.45) is 11.1 Å². The lowest BCUT2D eigenvalue weighted by Crippen LogP contribution is -2.09. The maximum Gasteiger partial charge on any atom is 0.0934 e. The molecule has 2 nitrogen and oxygen atoms in total. The molecule has 0 unspecified atom stereocenters. The molecule has 2 N–H and O–H groups in total. The zero-order valence-electron chi connectivity index (χ0n) is 7.92. The van der Waals surface area contributed by atoms with Gasteiger partial charge in [0, 0.05) is 18.3 Å². The number of thiazole rings is 1. The average molecular weight is 184 g/mol. The summed E-state index contributed by atoms with van der Waals surface area (Å²) in [5.41, 5.74) is 6.81. The highest BCUT2D eigenvalue weighted by atomic mass is 32.1. The number of hydrogen-bond donors (Lipinski definition) is 1. The van der Waals surface area contributed by atoms with Crippen LogP contribution in [0.25, 0.3) is 0 Å². The Labute approximate surface area is 77.8 Å². The van der Waals surface area contributed by atoms with Crippen LogP contribution in [-0.2, 0) is 13.0 Å². The van der Waals surface area contributed by atoms with E-state index in [2.05, 4.69) is 25.8 Å². The fraction of sp³-hybridized carbons (Fsp3) is 0.667. The van der Waals surface area contributed by atoms with Crippen molar-refractivity contribution in [3.05, 3.63) is 16.1 Å². The van der Waals surface area contributed by atoms with Crippen molar-refractivity contribution in [1.29, 1.82) is 0 Å². The molecule has 0 atom stereocenters. The lowest BCUT2D eigenvalue weighted by Gasteiger charge is -2.15. The molecule has 0 amide bonds. The third-order valence-electron chi connectivity index (χ3n) is 1.49. The van der Waals surface area contributed by atoms with Crippen molar-refractivity contribution in [3.63, 3.8) is 0 Å². The summed E-state index contributed by atoms with van der Waals surface area (Å²) in [6.07, 6.45) is 1.04. The molecule has 3 heteroatoms. The third-order valence-corrected chi connectivity index (χ3v) is 2.39. The van der Waals surface area contributed by atoms with E-state index in [0.29, 0.717) is 12.0 Å². The van der Waals surface area contributed by atoms with Crippen LogP contribution in [0.5, 0.6) is 0 Å². The summed E-state index contributed by atoms with van der Waals surface area (Å²) in [7, 11) is 0. The van der Waals surface area contributed by atoms with Gasteiger partial charge >= 0.3 is 0 Å². The fourth-order valence-electron chi connectivity index (χ4n) is 0.978. The Kier molecular flexibility index (Phi) is 2.85. The van der Waals surface area contributed by atoms with Crippen molar-refractivity contribution in [1.82, 2.24) is 4.98 Å². The first kappa shape index (κ1) is 9.68. The molecule has 0 aliphatic heterocycles. The Morgan fingerprint density at radius 2 is 2.17 bits per heavy atom. The van der Waals surface area contributed by atoms with E-state index in [1.165, 1.54) is 5.01 Å². The van der Waals surface area contributed by atoms with Crippen molar-refractivity contribution in [3.8, 4) is 0 Å². The van der Waals surface area contributed by atoms with Gasteiger partial charge in [0.15, 0.2) is 0 Å². The smallest absolute Gasteiger partial charge is 0.0934 e. The summed E-state index contributed by atoms with van der Waals surface area (Å²) in [5, 5.41) is 3.24. The van der Waals surface area contributed by atoms with Crippen LogP contribution in [0.2, 0.25) is 0 Å². The molecule has 0 saturated carbocycles. The van der Waals surface area contributed by atoms with Crippen LogP contribution in [0, 0.1) is 5.41 Å². The molecule has 1 aromatic rings. The quantitative estimate of drug-likeness (QED) is 0.765. The molecular weight excluding hydrogens is 168 g/mol. The van der Waals surface area contributed by atoms with Crippen molar-refractivity contribution in [2.75, 3.05) is 0 Å². The van der Waals surface area contributed by atoms with Crippen LogP contribution in [0.1, 0.15) is 31.5 Å². The van der Waals surface area contributed by atoms with Crippen LogP contribution in [0.15, 0.2) is 5.38 Å². The molecule has 0 spiro atoms. The Balaban J connectivity index is 2.64. The average Bonchev–Trinajstić information content (AvgIpc) is 2.32. The van der Waals surface area contributed by atoms with E-state index in [0.717, 1.165) is 12.1 Å². The van der Waals surface area contributed by atoms with Gasteiger partial charge in [0.2, 0.25) is 0 Å². The Morgan fingerprint density at radius 3 is 2.58 bits per heavy atom. The number of nitrogens with zero attached hydrogens (tertiary/aromatic N) is 1. The van der Waals surface area contributed by atoms with Crippen LogP contribution in [-0.4, -0.2) is 4.98 Å². The number of rotatable bonds is 2. The summed E-state index contributed by atoms with van der Waals surface area (Å²) < 4.78 is 0. The van der Waals surface area contributed by atoms with Gasteiger partial charge in [-0.1, -0.05) is 20.8 Å². The van der Waals surface area contributed by atoms with E-state index in [4.69, 9.17) is 5.73 Å². The van der Waals surface area contributed by atoms with E-state index in [-0.39, 0.29) is 0 Å². The first-order chi connectivity index (χ1) is 5.51. The molecule has 0 fully saturated rings. The Hall–Kier alpha value is -0.410. The van der Waals surface area contributed by atoms with Gasteiger partial charge in [0.1, 0.15) is 0 Å². The van der Waals surface area contributed by atoms with Crippen LogP contribution in [0.4, 0.5) is 0 Å². The molecule has 0 aromatic carbocycles. The van der Waals surface area contributed by atoms with Crippen LogP contribution >= 0.6 is 11.3 Å². The molecular formula is C9H16N2S. The lowest BCUT2D eigenvalue weighted by atomic mass is 9.93. The van der Waals surface area contributed by atoms with E-state index in [1.54, 1.807) is 11.3 Å². The molecule has 0 radical (unpaired) electrons. The molecule has 12 heavy (non-hydrogen) atoms. The van der Waals surface area contributed by atoms with E-state index in [9.17, 15) is 0 Å². The predicted octanol–water partition coefficient (Wildman–Crippen LogP) is 2.19. The van der Waals surface area contributed by atoms with Gasteiger partial charge in [0.25, 0.3) is 0 Å². The highest BCUT2D eigenvalue weighted by molar-refractivity contribution is 7.09. The van der Waals surface area contributed by atoms with E-state index < -0.39 is 0 Å². The summed E-state index contributed by atoms with van der Waals surface area (Å²) in [4.78, 5) is 4.41. The third kappa shape index (κ3) is 2.91. The predicted molar refractivity (Wildman–Crippen MR) is 53.2 cm³/mol. The van der Waals surface area contributed by atoms with Crippen LogP contribution < -0.4 is 5.73 Å². The number of aromatic nitrogens is 1. The minimum absolute atomic E-state index is 0.323. The van der Waals surface area contributed by atoms with Crippen molar-refractivity contribution in [2.45, 2.75) is 33.7 Å². The van der Waals surface area contributed by atoms with Gasteiger partial charge in [0.05, 0.1) is 10.7 Å². The molecule has 68 valence electrons. The zero-order chi connectivity index (χ0) is 9.19. The summed E-state index contributed by atoms with van der Waals surface area (Å²) in [6, 6.07) is 0. The van der Waals surface area contributed by atoms with Gasteiger partial charge in [-0.15, -0.1) is 11.3 Å². The molecule has 0 saturated heterocycles. The first-order valence-electron chi connectivity index (χ1n) is 4.14. The fourth-order valence-corrected chi connectivity index (χ4v) is 2.08. The first-order valence-corrected chi connectivity index (χ1v) is 5.02. The van der Waals surface area contributed by atoms with Gasteiger partial charge in [-0.05, 0) is 5.41 Å². The van der Waals surface area contributed by atoms with Gasteiger partial charge in [-0.2, -0.15) is 0 Å². The molecule has 1 rings (SSSR count). The normalized spacial score (nSPS) is 12.0. The minimum atomic E-state index is 0.323. The molecule has 0 bridgehead atoms. The minimum Gasteiger partial charge on any atom is -0.325 e. The van der Waals surface area contributed by atoms with Crippen molar-refractivity contribution >= 4 is 11.3 Å². The Bertz CT molecular complexity index is 247. The molecule has 1 aromatic heterocycles. The van der Waals surface area contributed by atoms with Gasteiger partial charge in [-0.3, -0.25) is 0 Å². The SMILES string of the molecule is CC(C)(C)Cc1nc(CN)cs1. The largest absolute Gasteiger partial charge is 0.325 e. The second-order valence-corrected chi connectivity index (χ2v) is 5.12. The van der Waals surface area contributed by atoms with Gasteiger partial charge in [-0.25, -0.2) is 4.98 Å². The molecule has 0 aliphatic rings. The summed E-state index contributed by atoms with van der Waals surface area (Å²) in [5.74, 6) is 0. The maximum absolute atomic E-state index is 5.47. The van der Waals surface area contributed by atoms with E-state index in [1.807, 2.05) is 5.38 Å².